The molecule has 2 aromatic rings. The summed E-state index contributed by atoms with van der Waals surface area (Å²) in [5, 5.41) is 2.43. The number of benzene rings is 2. The molecule has 2 aromatic carbocycles. The molecule has 0 N–H and O–H groups in total. The van der Waals surface area contributed by atoms with E-state index in [1.165, 1.54) is 16.3 Å². The third-order valence-electron chi connectivity index (χ3n) is 4.04. The van der Waals surface area contributed by atoms with Crippen molar-refractivity contribution >= 4 is 16.8 Å². The summed E-state index contributed by atoms with van der Waals surface area (Å²) in [5.41, 5.74) is 1.19. The first kappa shape index (κ1) is 15.4. The van der Waals surface area contributed by atoms with Crippen LogP contribution < -0.4 is 0 Å². The SMILES string of the molecule is CCCN(C)C(=O)N(C)[C@@H](C)c1cccc2ccccc12. The van der Waals surface area contributed by atoms with Crippen LogP contribution in [0.2, 0.25) is 0 Å². The highest BCUT2D eigenvalue weighted by molar-refractivity contribution is 5.86. The maximum Gasteiger partial charge on any atom is 0.319 e. The molecule has 3 heteroatoms. The van der Waals surface area contributed by atoms with E-state index in [-0.39, 0.29) is 12.1 Å². The molecule has 0 unspecified atom stereocenters. The number of rotatable bonds is 4. The lowest BCUT2D eigenvalue weighted by atomic mass is 9.99. The second kappa shape index (κ2) is 6.61. The molecule has 0 bridgehead atoms. The standard InChI is InChI=1S/C18H24N2O/c1-5-13-19(3)18(21)20(4)14(2)16-12-8-10-15-9-6-7-11-17(15)16/h6-12,14H,5,13H2,1-4H3/t14-/m0/s1. The molecule has 0 radical (unpaired) electrons. The average Bonchev–Trinajstić information content (AvgIpc) is 2.52. The number of urea groups is 1. The summed E-state index contributed by atoms with van der Waals surface area (Å²) in [4.78, 5) is 16.0. The Morgan fingerprint density at radius 3 is 2.48 bits per heavy atom. The average molecular weight is 284 g/mol. The fourth-order valence-electron chi connectivity index (χ4n) is 2.69. The minimum atomic E-state index is 0.0444. The number of carbonyl (C=O) groups excluding carboxylic acids is 1. The molecular weight excluding hydrogens is 260 g/mol. The van der Waals surface area contributed by atoms with Gasteiger partial charge in [0.25, 0.3) is 0 Å². The van der Waals surface area contributed by atoms with Crippen LogP contribution in [0.4, 0.5) is 4.79 Å². The van der Waals surface area contributed by atoms with Gasteiger partial charge in [0.1, 0.15) is 0 Å². The minimum absolute atomic E-state index is 0.0444. The number of nitrogens with zero attached hydrogens (tertiary/aromatic N) is 2. The van der Waals surface area contributed by atoms with Crippen molar-refractivity contribution < 1.29 is 4.79 Å². The number of hydrogen-bond acceptors (Lipinski definition) is 1. The zero-order valence-corrected chi connectivity index (χ0v) is 13.3. The van der Waals surface area contributed by atoms with E-state index < -0.39 is 0 Å². The van der Waals surface area contributed by atoms with Gasteiger partial charge in [0.05, 0.1) is 6.04 Å². The topological polar surface area (TPSA) is 23.6 Å². The fourth-order valence-corrected chi connectivity index (χ4v) is 2.69. The van der Waals surface area contributed by atoms with Gasteiger partial charge in [-0.15, -0.1) is 0 Å². The maximum atomic E-state index is 12.4. The van der Waals surface area contributed by atoms with E-state index in [1.54, 1.807) is 4.90 Å². The summed E-state index contributed by atoms with van der Waals surface area (Å²) in [5.74, 6) is 0. The molecule has 21 heavy (non-hydrogen) atoms. The molecule has 0 heterocycles. The van der Waals surface area contributed by atoms with E-state index in [0.29, 0.717) is 0 Å². The largest absolute Gasteiger partial charge is 0.328 e. The molecule has 0 aliphatic carbocycles. The van der Waals surface area contributed by atoms with Crippen molar-refractivity contribution in [2.24, 2.45) is 0 Å². The molecule has 0 saturated heterocycles. The highest BCUT2D eigenvalue weighted by Crippen LogP contribution is 2.27. The molecule has 112 valence electrons. The predicted molar refractivity (Wildman–Crippen MR) is 88.4 cm³/mol. The van der Waals surface area contributed by atoms with Crippen molar-refractivity contribution in [3.63, 3.8) is 0 Å². The van der Waals surface area contributed by atoms with Gasteiger partial charge < -0.3 is 9.80 Å². The van der Waals surface area contributed by atoms with E-state index in [2.05, 4.69) is 44.2 Å². The van der Waals surface area contributed by atoms with Crippen LogP contribution in [-0.2, 0) is 0 Å². The molecule has 0 aliphatic heterocycles. The molecule has 0 aromatic heterocycles. The molecule has 2 amide bonds. The van der Waals surface area contributed by atoms with Crippen LogP contribution in [0.1, 0.15) is 31.9 Å². The normalized spacial score (nSPS) is 12.2. The first-order valence-corrected chi connectivity index (χ1v) is 7.51. The monoisotopic (exact) mass is 284 g/mol. The second-order valence-corrected chi connectivity index (χ2v) is 5.56. The molecule has 1 atom stereocenters. The van der Waals surface area contributed by atoms with Crippen LogP contribution in [0, 0.1) is 0 Å². The highest BCUT2D eigenvalue weighted by atomic mass is 16.2. The Labute approximate surface area is 127 Å². The highest BCUT2D eigenvalue weighted by Gasteiger charge is 2.21. The van der Waals surface area contributed by atoms with Crippen molar-refractivity contribution in [3.8, 4) is 0 Å². The van der Waals surface area contributed by atoms with E-state index in [1.807, 2.05) is 31.1 Å². The molecule has 0 spiro atoms. The first-order valence-electron chi connectivity index (χ1n) is 7.51. The second-order valence-electron chi connectivity index (χ2n) is 5.56. The van der Waals surface area contributed by atoms with Gasteiger partial charge in [0, 0.05) is 20.6 Å². The lowest BCUT2D eigenvalue weighted by Gasteiger charge is -2.30. The number of fused-ring (bicyclic) bond motifs is 1. The zero-order chi connectivity index (χ0) is 15.4. The molecule has 3 nitrogen and oxygen atoms in total. The van der Waals surface area contributed by atoms with Crippen molar-refractivity contribution in [1.29, 1.82) is 0 Å². The third kappa shape index (κ3) is 3.18. The third-order valence-corrected chi connectivity index (χ3v) is 4.04. The van der Waals surface area contributed by atoms with E-state index >= 15 is 0 Å². The molecule has 0 saturated carbocycles. The summed E-state index contributed by atoms with van der Waals surface area (Å²) < 4.78 is 0. The quantitative estimate of drug-likeness (QED) is 0.821. The van der Waals surface area contributed by atoms with Crippen molar-refractivity contribution in [3.05, 3.63) is 48.0 Å². The van der Waals surface area contributed by atoms with Gasteiger partial charge >= 0.3 is 6.03 Å². The van der Waals surface area contributed by atoms with E-state index in [0.717, 1.165) is 13.0 Å². The Kier molecular flexibility index (Phi) is 4.84. The van der Waals surface area contributed by atoms with Crippen molar-refractivity contribution in [1.82, 2.24) is 9.80 Å². The van der Waals surface area contributed by atoms with Gasteiger partial charge in [-0.05, 0) is 29.7 Å². The number of carbonyl (C=O) groups is 1. The number of amides is 2. The Morgan fingerprint density at radius 1 is 1.10 bits per heavy atom. The Morgan fingerprint density at radius 2 is 1.76 bits per heavy atom. The summed E-state index contributed by atoms with van der Waals surface area (Å²) >= 11 is 0. The lowest BCUT2D eigenvalue weighted by Crippen LogP contribution is -2.40. The van der Waals surface area contributed by atoms with Gasteiger partial charge in [0.15, 0.2) is 0 Å². The van der Waals surface area contributed by atoms with Crippen molar-refractivity contribution in [2.75, 3.05) is 20.6 Å². The van der Waals surface area contributed by atoms with Crippen molar-refractivity contribution in [2.45, 2.75) is 26.3 Å². The summed E-state index contributed by atoms with van der Waals surface area (Å²) in [7, 11) is 3.74. The van der Waals surface area contributed by atoms with Crippen LogP contribution in [0.3, 0.4) is 0 Å². The van der Waals surface area contributed by atoms with Gasteiger partial charge in [-0.2, -0.15) is 0 Å². The van der Waals surface area contributed by atoms with Gasteiger partial charge in [-0.3, -0.25) is 0 Å². The predicted octanol–water partition coefficient (Wildman–Crippen LogP) is 4.29. The Bertz CT molecular complexity index is 618. The van der Waals surface area contributed by atoms with Gasteiger partial charge in [-0.25, -0.2) is 4.79 Å². The Balaban J connectivity index is 2.29. The minimum Gasteiger partial charge on any atom is -0.328 e. The van der Waals surface area contributed by atoms with Crippen LogP contribution >= 0.6 is 0 Å². The van der Waals surface area contributed by atoms with E-state index in [4.69, 9.17) is 0 Å². The molecular formula is C18H24N2O. The van der Waals surface area contributed by atoms with Gasteiger partial charge in [-0.1, -0.05) is 49.4 Å². The van der Waals surface area contributed by atoms with Crippen LogP contribution in [0.25, 0.3) is 10.8 Å². The fraction of sp³-hybridized carbons (Fsp3) is 0.389. The van der Waals surface area contributed by atoms with Gasteiger partial charge in [0.2, 0.25) is 0 Å². The van der Waals surface area contributed by atoms with Crippen LogP contribution in [0.15, 0.2) is 42.5 Å². The maximum absolute atomic E-state index is 12.4. The van der Waals surface area contributed by atoms with E-state index in [9.17, 15) is 4.79 Å². The first-order chi connectivity index (χ1) is 10.1. The van der Waals surface area contributed by atoms with Crippen LogP contribution in [-0.4, -0.2) is 36.5 Å². The summed E-state index contributed by atoms with van der Waals surface area (Å²) in [6.45, 7) is 4.95. The number of hydrogen-bond donors (Lipinski definition) is 0. The summed E-state index contributed by atoms with van der Waals surface area (Å²) in [6, 6.07) is 14.7. The lowest BCUT2D eigenvalue weighted by molar-refractivity contribution is 0.160. The molecule has 0 aliphatic rings. The Hall–Kier alpha value is -2.03. The zero-order valence-electron chi connectivity index (χ0n) is 13.3. The molecule has 0 fully saturated rings. The van der Waals surface area contributed by atoms with Crippen LogP contribution in [0.5, 0.6) is 0 Å². The smallest absolute Gasteiger partial charge is 0.319 e. The molecule has 2 rings (SSSR count). The summed E-state index contributed by atoms with van der Waals surface area (Å²) in [6.07, 6.45) is 0.971.